The number of rotatable bonds is 2. The van der Waals surface area contributed by atoms with Gasteiger partial charge in [0.15, 0.2) is 0 Å². The summed E-state index contributed by atoms with van der Waals surface area (Å²) in [6, 6.07) is 0.146. The molecule has 2 aliphatic rings. The Bertz CT molecular complexity index is 504. The van der Waals surface area contributed by atoms with Crippen molar-refractivity contribution in [3.63, 3.8) is 0 Å². The lowest BCUT2D eigenvalue weighted by atomic mass is 9.72. The van der Waals surface area contributed by atoms with Gasteiger partial charge in [0.1, 0.15) is 6.33 Å². The normalized spacial score (nSPS) is 33.1. The first-order valence-corrected chi connectivity index (χ1v) is 7.88. The van der Waals surface area contributed by atoms with Gasteiger partial charge in [0.2, 0.25) is 0 Å². The summed E-state index contributed by atoms with van der Waals surface area (Å²) in [7, 11) is 0. The van der Waals surface area contributed by atoms with Crippen LogP contribution in [0.4, 0.5) is 0 Å². The van der Waals surface area contributed by atoms with Gasteiger partial charge in [-0.05, 0) is 32.6 Å². The monoisotopic (exact) mass is 289 g/mol. The second kappa shape index (κ2) is 5.72. The van der Waals surface area contributed by atoms with Crippen molar-refractivity contribution in [2.24, 2.45) is 5.92 Å². The molecule has 2 heterocycles. The van der Waals surface area contributed by atoms with Crippen LogP contribution >= 0.6 is 0 Å². The Kier molecular flexibility index (Phi) is 3.93. The second-order valence-corrected chi connectivity index (χ2v) is 6.54. The second-order valence-electron chi connectivity index (χ2n) is 6.54. The van der Waals surface area contributed by atoms with Crippen LogP contribution in [0.3, 0.4) is 0 Å². The van der Waals surface area contributed by atoms with Gasteiger partial charge in [-0.2, -0.15) is 0 Å². The summed E-state index contributed by atoms with van der Waals surface area (Å²) in [5.74, 6) is 0.182. The number of carbonyl (C=O) groups excluding carboxylic acids is 1. The van der Waals surface area contributed by atoms with Gasteiger partial charge in [0, 0.05) is 30.9 Å². The van der Waals surface area contributed by atoms with Crippen molar-refractivity contribution in [2.75, 3.05) is 6.54 Å². The van der Waals surface area contributed by atoms with Crippen LogP contribution in [0.1, 0.15) is 55.8 Å². The Hall–Kier alpha value is -1.49. The molecule has 1 amide bonds. The molecule has 0 spiro atoms. The summed E-state index contributed by atoms with van der Waals surface area (Å²) >= 11 is 0. The van der Waals surface area contributed by atoms with E-state index in [2.05, 4.69) is 9.97 Å². The number of aromatic nitrogens is 2. The van der Waals surface area contributed by atoms with E-state index in [1.807, 2.05) is 11.8 Å². The molecule has 1 saturated carbocycles. The van der Waals surface area contributed by atoms with Crippen LogP contribution in [0, 0.1) is 5.92 Å². The van der Waals surface area contributed by atoms with Gasteiger partial charge >= 0.3 is 0 Å². The maximum atomic E-state index is 12.7. The van der Waals surface area contributed by atoms with Crippen LogP contribution in [0.5, 0.6) is 0 Å². The molecule has 0 aromatic carbocycles. The fourth-order valence-corrected chi connectivity index (χ4v) is 3.99. The Morgan fingerprint density at radius 2 is 2.05 bits per heavy atom. The first kappa shape index (κ1) is 14.4. The minimum absolute atomic E-state index is 0.000488. The zero-order valence-electron chi connectivity index (χ0n) is 12.5. The number of nitrogens with zero attached hydrogens (tertiary/aromatic N) is 3. The van der Waals surface area contributed by atoms with Crippen LogP contribution in [0.15, 0.2) is 18.7 Å². The van der Waals surface area contributed by atoms with Crippen molar-refractivity contribution < 1.29 is 9.90 Å². The first-order chi connectivity index (χ1) is 10.1. The summed E-state index contributed by atoms with van der Waals surface area (Å²) in [5.41, 5.74) is -0.112. The topological polar surface area (TPSA) is 66.3 Å². The summed E-state index contributed by atoms with van der Waals surface area (Å²) in [4.78, 5) is 22.5. The zero-order chi connectivity index (χ0) is 14.9. The highest BCUT2D eigenvalue weighted by Crippen LogP contribution is 2.40. The largest absolute Gasteiger partial charge is 0.390 e. The highest BCUT2D eigenvalue weighted by Gasteiger charge is 2.44. The molecule has 5 nitrogen and oxygen atoms in total. The maximum absolute atomic E-state index is 12.7. The number of likely N-dealkylation sites (tertiary alicyclic amines) is 1. The third kappa shape index (κ3) is 2.79. The highest BCUT2D eigenvalue weighted by molar-refractivity contribution is 5.94. The minimum atomic E-state index is -0.654. The van der Waals surface area contributed by atoms with Crippen molar-refractivity contribution >= 4 is 5.91 Å². The van der Waals surface area contributed by atoms with E-state index in [0.29, 0.717) is 5.56 Å². The first-order valence-electron chi connectivity index (χ1n) is 7.88. The highest BCUT2D eigenvalue weighted by atomic mass is 16.3. The average Bonchev–Trinajstić information content (AvgIpc) is 2.96. The standard InChI is InChI=1S/C16H23N3O2/c1-16(21)7-3-2-5-13(16)14-6-4-8-19(14)15(20)12-9-17-11-18-10-12/h9-11,13-14,21H,2-8H2,1H3/t13-,14+,16-/m0/s1. The average molecular weight is 289 g/mol. The number of aliphatic hydroxyl groups is 1. The molecule has 5 heteroatoms. The van der Waals surface area contributed by atoms with Gasteiger partial charge in [-0.15, -0.1) is 0 Å². The molecule has 1 aromatic rings. The SMILES string of the molecule is C[C@]1(O)CCCC[C@H]1[C@H]1CCCN1C(=O)c1cncnc1. The molecule has 1 aliphatic carbocycles. The number of amides is 1. The quantitative estimate of drug-likeness (QED) is 0.904. The van der Waals surface area contributed by atoms with E-state index in [1.54, 1.807) is 12.4 Å². The maximum Gasteiger partial charge on any atom is 0.257 e. The molecule has 1 N–H and O–H groups in total. The van der Waals surface area contributed by atoms with E-state index >= 15 is 0 Å². The lowest BCUT2D eigenvalue weighted by Crippen LogP contribution is -2.50. The fourth-order valence-electron chi connectivity index (χ4n) is 3.99. The van der Waals surface area contributed by atoms with Crippen LogP contribution in [0.2, 0.25) is 0 Å². The molecule has 114 valence electrons. The van der Waals surface area contributed by atoms with Crippen molar-refractivity contribution in [3.05, 3.63) is 24.3 Å². The Morgan fingerprint density at radius 1 is 1.29 bits per heavy atom. The molecular weight excluding hydrogens is 266 g/mol. The van der Waals surface area contributed by atoms with Crippen LogP contribution in [-0.2, 0) is 0 Å². The lowest BCUT2D eigenvalue weighted by Gasteiger charge is -2.43. The molecule has 1 aliphatic heterocycles. The molecule has 0 bridgehead atoms. The van der Waals surface area contributed by atoms with Crippen LogP contribution in [-0.4, -0.2) is 44.1 Å². The van der Waals surface area contributed by atoms with Gasteiger partial charge in [-0.1, -0.05) is 12.8 Å². The third-order valence-corrected chi connectivity index (χ3v) is 5.08. The van der Waals surface area contributed by atoms with Crippen LogP contribution in [0.25, 0.3) is 0 Å². The summed E-state index contributed by atoms with van der Waals surface area (Å²) in [5, 5.41) is 10.7. The summed E-state index contributed by atoms with van der Waals surface area (Å²) < 4.78 is 0. The van der Waals surface area contributed by atoms with Crippen molar-refractivity contribution in [1.29, 1.82) is 0 Å². The third-order valence-electron chi connectivity index (χ3n) is 5.08. The van der Waals surface area contributed by atoms with Crippen molar-refractivity contribution in [1.82, 2.24) is 14.9 Å². The zero-order valence-corrected chi connectivity index (χ0v) is 12.5. The van der Waals surface area contributed by atoms with Gasteiger partial charge in [0.05, 0.1) is 11.2 Å². The summed E-state index contributed by atoms with van der Waals surface area (Å²) in [6.07, 6.45) is 10.6. The van der Waals surface area contributed by atoms with E-state index in [9.17, 15) is 9.90 Å². The molecule has 2 fully saturated rings. The predicted octanol–water partition coefficient (Wildman–Crippen LogP) is 2.02. The van der Waals surface area contributed by atoms with E-state index in [0.717, 1.165) is 45.1 Å². The van der Waals surface area contributed by atoms with Gasteiger partial charge in [-0.3, -0.25) is 4.79 Å². The Balaban J connectivity index is 1.81. The van der Waals surface area contributed by atoms with Gasteiger partial charge in [-0.25, -0.2) is 9.97 Å². The van der Waals surface area contributed by atoms with Crippen molar-refractivity contribution in [3.8, 4) is 0 Å². The van der Waals surface area contributed by atoms with Crippen LogP contribution < -0.4 is 0 Å². The molecule has 3 rings (SSSR count). The number of hydrogen-bond donors (Lipinski definition) is 1. The molecule has 0 radical (unpaired) electrons. The summed E-state index contributed by atoms with van der Waals surface area (Å²) in [6.45, 7) is 2.70. The Morgan fingerprint density at radius 3 is 2.76 bits per heavy atom. The van der Waals surface area contributed by atoms with E-state index in [-0.39, 0.29) is 17.9 Å². The Labute approximate surface area is 125 Å². The molecule has 0 unspecified atom stereocenters. The lowest BCUT2D eigenvalue weighted by molar-refractivity contribution is -0.0577. The van der Waals surface area contributed by atoms with Crippen molar-refractivity contribution in [2.45, 2.75) is 57.1 Å². The molecule has 1 aromatic heterocycles. The molecule has 3 atom stereocenters. The smallest absolute Gasteiger partial charge is 0.257 e. The van der Waals surface area contributed by atoms with Gasteiger partial charge < -0.3 is 10.0 Å². The van der Waals surface area contributed by atoms with E-state index in [4.69, 9.17) is 0 Å². The molecule has 1 saturated heterocycles. The minimum Gasteiger partial charge on any atom is -0.390 e. The number of hydrogen-bond acceptors (Lipinski definition) is 4. The van der Waals surface area contributed by atoms with Gasteiger partial charge in [0.25, 0.3) is 5.91 Å². The fraction of sp³-hybridized carbons (Fsp3) is 0.688. The van der Waals surface area contributed by atoms with E-state index < -0.39 is 5.60 Å². The molecule has 21 heavy (non-hydrogen) atoms. The van der Waals surface area contributed by atoms with E-state index in [1.165, 1.54) is 6.33 Å². The molecular formula is C16H23N3O2. The number of carbonyl (C=O) groups is 1. The predicted molar refractivity (Wildman–Crippen MR) is 78.7 cm³/mol.